The van der Waals surface area contributed by atoms with E-state index in [1.165, 1.54) is 0 Å². The molecule has 104 valence electrons. The number of carbonyl (C=O) groups is 3. The van der Waals surface area contributed by atoms with Crippen LogP contribution in [0.3, 0.4) is 0 Å². The van der Waals surface area contributed by atoms with Crippen molar-refractivity contribution in [3.8, 4) is 0 Å². The molecule has 0 spiro atoms. The van der Waals surface area contributed by atoms with Crippen LogP contribution >= 0.6 is 0 Å². The Bertz CT molecular complexity index is 292. The van der Waals surface area contributed by atoms with Gasteiger partial charge in [0.2, 0.25) is 11.8 Å². The average molecular weight is 257 g/mol. The highest BCUT2D eigenvalue weighted by Crippen LogP contribution is 2.11. The fraction of sp³-hybridized carbons (Fsp3) is 0.750. The summed E-state index contributed by atoms with van der Waals surface area (Å²) in [4.78, 5) is 34.2. The average Bonchev–Trinajstić information content (AvgIpc) is 2.39. The molecular weight excluding hydrogens is 234 g/mol. The van der Waals surface area contributed by atoms with Gasteiger partial charge in [-0.2, -0.15) is 0 Å². The van der Waals surface area contributed by atoms with Crippen molar-refractivity contribution in [2.45, 2.75) is 32.6 Å². The number of nitrogens with two attached hydrogens (primary N) is 1. The van der Waals surface area contributed by atoms with Crippen molar-refractivity contribution in [1.82, 2.24) is 10.6 Å². The van der Waals surface area contributed by atoms with Crippen LogP contribution in [0, 0.1) is 5.92 Å². The maximum absolute atomic E-state index is 11.6. The second-order valence-corrected chi connectivity index (χ2v) is 4.12. The lowest BCUT2D eigenvalue weighted by molar-refractivity contribution is -0.129. The van der Waals surface area contributed by atoms with Crippen LogP contribution in [0.2, 0.25) is 0 Å². The molecule has 2 amide bonds. The minimum absolute atomic E-state index is 0.0111. The van der Waals surface area contributed by atoms with E-state index in [9.17, 15) is 14.4 Å². The third-order valence-electron chi connectivity index (χ3n) is 2.65. The van der Waals surface area contributed by atoms with E-state index in [2.05, 4.69) is 10.6 Å². The summed E-state index contributed by atoms with van der Waals surface area (Å²) in [7, 11) is 1.54. The second kappa shape index (κ2) is 9.58. The molecule has 0 radical (unpaired) electrons. The standard InChI is InChI=1S/C12H23N3O3/c1-3-11(17)15-8-10(16)7-9(5-4-6-13)12(18)14-2/h9H,3-8,13H2,1-2H3,(H,14,18)(H,15,17). The zero-order chi connectivity index (χ0) is 14.0. The Hall–Kier alpha value is -1.43. The number of carbonyl (C=O) groups excluding carboxylic acids is 3. The van der Waals surface area contributed by atoms with Gasteiger partial charge < -0.3 is 16.4 Å². The first kappa shape index (κ1) is 16.6. The highest BCUT2D eigenvalue weighted by Gasteiger charge is 2.20. The molecule has 0 aliphatic carbocycles. The highest BCUT2D eigenvalue weighted by atomic mass is 16.2. The minimum atomic E-state index is -0.357. The molecule has 0 aromatic rings. The first-order chi connectivity index (χ1) is 8.54. The van der Waals surface area contributed by atoms with E-state index in [0.717, 1.165) is 0 Å². The summed E-state index contributed by atoms with van der Waals surface area (Å²) in [6, 6.07) is 0. The van der Waals surface area contributed by atoms with Crippen LogP contribution in [0.1, 0.15) is 32.6 Å². The number of amides is 2. The van der Waals surface area contributed by atoms with Crippen molar-refractivity contribution in [2.24, 2.45) is 11.7 Å². The summed E-state index contributed by atoms with van der Waals surface area (Å²) < 4.78 is 0. The molecule has 0 aliphatic rings. The molecule has 1 unspecified atom stereocenters. The maximum Gasteiger partial charge on any atom is 0.223 e. The highest BCUT2D eigenvalue weighted by molar-refractivity contribution is 5.89. The van der Waals surface area contributed by atoms with Crippen LogP contribution in [0.4, 0.5) is 0 Å². The molecule has 0 rings (SSSR count). The number of nitrogens with one attached hydrogen (secondary N) is 2. The van der Waals surface area contributed by atoms with E-state index in [1.54, 1.807) is 14.0 Å². The number of Topliss-reactive ketones (excluding diaryl/α,β-unsaturated/α-hetero) is 1. The van der Waals surface area contributed by atoms with Gasteiger partial charge in [-0.05, 0) is 19.4 Å². The van der Waals surface area contributed by atoms with Gasteiger partial charge in [0.25, 0.3) is 0 Å². The van der Waals surface area contributed by atoms with Crippen molar-refractivity contribution < 1.29 is 14.4 Å². The van der Waals surface area contributed by atoms with Gasteiger partial charge in [0.15, 0.2) is 5.78 Å². The number of rotatable bonds is 9. The molecule has 0 saturated heterocycles. The van der Waals surface area contributed by atoms with Gasteiger partial charge in [-0.1, -0.05) is 6.92 Å². The Morgan fingerprint density at radius 1 is 1.28 bits per heavy atom. The first-order valence-corrected chi connectivity index (χ1v) is 6.25. The van der Waals surface area contributed by atoms with E-state index in [-0.39, 0.29) is 36.5 Å². The third-order valence-corrected chi connectivity index (χ3v) is 2.65. The predicted octanol–water partition coefficient (Wildman–Crippen LogP) is -0.427. The zero-order valence-electron chi connectivity index (χ0n) is 11.1. The zero-order valence-corrected chi connectivity index (χ0v) is 11.1. The van der Waals surface area contributed by atoms with Crippen LogP contribution < -0.4 is 16.4 Å². The molecule has 4 N–H and O–H groups in total. The van der Waals surface area contributed by atoms with Crippen LogP contribution in [0.25, 0.3) is 0 Å². The Morgan fingerprint density at radius 2 is 1.94 bits per heavy atom. The van der Waals surface area contributed by atoms with Crippen LogP contribution in [0.5, 0.6) is 0 Å². The molecule has 0 aromatic carbocycles. The molecule has 0 bridgehead atoms. The van der Waals surface area contributed by atoms with Gasteiger partial charge in [0.05, 0.1) is 6.54 Å². The molecule has 0 aliphatic heterocycles. The lowest BCUT2D eigenvalue weighted by Crippen LogP contribution is -2.34. The fourth-order valence-corrected chi connectivity index (χ4v) is 1.56. The minimum Gasteiger partial charge on any atom is -0.359 e. The molecule has 0 saturated carbocycles. The topological polar surface area (TPSA) is 101 Å². The summed E-state index contributed by atoms with van der Waals surface area (Å²) in [6.45, 7) is 2.20. The molecule has 6 heteroatoms. The smallest absolute Gasteiger partial charge is 0.223 e. The lowest BCUT2D eigenvalue weighted by atomic mass is 9.96. The van der Waals surface area contributed by atoms with Crippen molar-refractivity contribution in [3.63, 3.8) is 0 Å². The van der Waals surface area contributed by atoms with Crippen molar-refractivity contribution in [2.75, 3.05) is 20.1 Å². The number of hydrogen-bond donors (Lipinski definition) is 3. The third kappa shape index (κ3) is 7.01. The fourth-order valence-electron chi connectivity index (χ4n) is 1.56. The molecule has 0 heterocycles. The number of ketones is 1. The maximum atomic E-state index is 11.6. The molecule has 6 nitrogen and oxygen atoms in total. The van der Waals surface area contributed by atoms with Crippen LogP contribution in [-0.4, -0.2) is 37.7 Å². The van der Waals surface area contributed by atoms with Gasteiger partial charge in [0.1, 0.15) is 0 Å². The van der Waals surface area contributed by atoms with E-state index >= 15 is 0 Å². The largest absolute Gasteiger partial charge is 0.359 e. The van der Waals surface area contributed by atoms with Crippen LogP contribution in [-0.2, 0) is 14.4 Å². The molecular formula is C12H23N3O3. The Morgan fingerprint density at radius 3 is 2.44 bits per heavy atom. The van der Waals surface area contributed by atoms with Crippen LogP contribution in [0.15, 0.2) is 0 Å². The summed E-state index contributed by atoms with van der Waals surface area (Å²) in [5.74, 6) is -0.813. The van der Waals surface area contributed by atoms with Crippen molar-refractivity contribution in [1.29, 1.82) is 0 Å². The summed E-state index contributed by atoms with van der Waals surface area (Å²) in [5, 5.41) is 5.04. The normalized spacial score (nSPS) is 11.7. The van der Waals surface area contributed by atoms with Gasteiger partial charge in [0, 0.05) is 25.8 Å². The van der Waals surface area contributed by atoms with Crippen molar-refractivity contribution in [3.05, 3.63) is 0 Å². The van der Waals surface area contributed by atoms with Gasteiger partial charge in [-0.3, -0.25) is 14.4 Å². The molecule has 1 atom stereocenters. The Balaban J connectivity index is 4.17. The summed E-state index contributed by atoms with van der Waals surface area (Å²) in [5.41, 5.74) is 5.39. The van der Waals surface area contributed by atoms with E-state index in [1.807, 2.05) is 0 Å². The van der Waals surface area contributed by atoms with Gasteiger partial charge >= 0.3 is 0 Å². The number of hydrogen-bond acceptors (Lipinski definition) is 4. The SMILES string of the molecule is CCC(=O)NCC(=O)CC(CCCN)C(=O)NC. The lowest BCUT2D eigenvalue weighted by Gasteiger charge is -2.14. The summed E-state index contributed by atoms with van der Waals surface area (Å²) >= 11 is 0. The molecule has 0 aromatic heterocycles. The Kier molecular flexibility index (Phi) is 8.82. The van der Waals surface area contributed by atoms with Crippen molar-refractivity contribution >= 4 is 17.6 Å². The first-order valence-electron chi connectivity index (χ1n) is 6.25. The van der Waals surface area contributed by atoms with E-state index in [0.29, 0.717) is 25.8 Å². The van der Waals surface area contributed by atoms with Gasteiger partial charge in [-0.15, -0.1) is 0 Å². The van der Waals surface area contributed by atoms with E-state index in [4.69, 9.17) is 5.73 Å². The Labute approximate surface area is 108 Å². The quantitative estimate of drug-likeness (QED) is 0.522. The predicted molar refractivity (Wildman–Crippen MR) is 68.8 cm³/mol. The summed E-state index contributed by atoms with van der Waals surface area (Å²) in [6.07, 6.45) is 1.78. The molecule has 18 heavy (non-hydrogen) atoms. The molecule has 0 fully saturated rings. The second-order valence-electron chi connectivity index (χ2n) is 4.12. The van der Waals surface area contributed by atoms with E-state index < -0.39 is 0 Å². The monoisotopic (exact) mass is 257 g/mol. The van der Waals surface area contributed by atoms with Gasteiger partial charge in [-0.25, -0.2) is 0 Å².